The predicted octanol–water partition coefficient (Wildman–Crippen LogP) is 4.65. The van der Waals surface area contributed by atoms with Gasteiger partial charge in [0.15, 0.2) is 0 Å². The molecular formula is C19H32GeO3. The molecular weight excluding hydrogens is 349 g/mol. The van der Waals surface area contributed by atoms with Crippen LogP contribution in [0.15, 0.2) is 30.3 Å². The average molecular weight is 381 g/mol. The van der Waals surface area contributed by atoms with Crippen molar-refractivity contribution in [3.63, 3.8) is 0 Å². The summed E-state index contributed by atoms with van der Waals surface area (Å²) in [5, 5.41) is 14.7. The Bertz CT molecular complexity index is 495. The monoisotopic (exact) mass is 382 g/mol. The quantitative estimate of drug-likeness (QED) is 0.553. The molecule has 23 heavy (non-hydrogen) atoms. The molecule has 4 heteroatoms. The van der Waals surface area contributed by atoms with Crippen molar-refractivity contribution < 1.29 is 14.6 Å². The number of carbonyl (C=O) groups excluding carboxylic acids is 1. The number of carbonyl (C=O) groups is 1. The molecule has 1 atom stereocenters. The van der Waals surface area contributed by atoms with E-state index in [9.17, 15) is 9.90 Å². The molecule has 3 nitrogen and oxygen atoms in total. The molecule has 0 radical (unpaired) electrons. The molecule has 1 aromatic carbocycles. The summed E-state index contributed by atoms with van der Waals surface area (Å²) in [7, 11) is 0. The van der Waals surface area contributed by atoms with Gasteiger partial charge in [-0.15, -0.1) is 0 Å². The summed E-state index contributed by atoms with van der Waals surface area (Å²) in [6, 6.07) is 9.71. The molecule has 0 saturated heterocycles. The van der Waals surface area contributed by atoms with Crippen LogP contribution in [0.1, 0.15) is 53.5 Å². The zero-order valence-corrected chi connectivity index (χ0v) is 17.6. The minimum absolute atomic E-state index is 0.0593. The van der Waals surface area contributed by atoms with Crippen molar-refractivity contribution in [2.24, 2.45) is 0 Å². The standard InChI is InChI=1S/C19H32GeO3/c1-7-20(8-2,9-3)19(22,16-13-11-10-12-14-16)15-17(21)23-18(4,5)6/h10-14,22H,7-9,15H2,1-6H3. The molecule has 0 aliphatic carbocycles. The Morgan fingerprint density at radius 2 is 1.52 bits per heavy atom. The first kappa shape index (κ1) is 20.2. The minimum atomic E-state index is -2.70. The third kappa shape index (κ3) is 4.60. The fraction of sp³-hybridized carbons (Fsp3) is 0.632. The SMILES string of the molecule is C[CH2][Ge]([CH2]C)([CH2]C)[C](O)(CC(=O)OC(C)(C)C)c1ccccc1. The predicted molar refractivity (Wildman–Crippen MR) is 98.0 cm³/mol. The molecule has 0 bridgehead atoms. The van der Waals surface area contributed by atoms with Crippen molar-refractivity contribution >= 4 is 19.2 Å². The van der Waals surface area contributed by atoms with Crippen molar-refractivity contribution in [3.05, 3.63) is 35.9 Å². The molecule has 1 rings (SSSR count). The van der Waals surface area contributed by atoms with Gasteiger partial charge in [-0.1, -0.05) is 0 Å². The molecule has 130 valence electrons. The van der Waals surface area contributed by atoms with Crippen LogP contribution in [-0.4, -0.2) is 29.9 Å². The van der Waals surface area contributed by atoms with Crippen LogP contribution in [-0.2, 0) is 14.0 Å². The Hall–Kier alpha value is -0.807. The van der Waals surface area contributed by atoms with E-state index in [4.69, 9.17) is 4.74 Å². The van der Waals surface area contributed by atoms with Crippen molar-refractivity contribution in [2.45, 2.75) is 73.8 Å². The molecule has 0 saturated carbocycles. The van der Waals surface area contributed by atoms with Gasteiger partial charge < -0.3 is 0 Å². The van der Waals surface area contributed by atoms with Gasteiger partial charge in [0, 0.05) is 0 Å². The first-order valence-electron chi connectivity index (χ1n) is 8.64. The fourth-order valence-corrected chi connectivity index (χ4v) is 13.1. The molecule has 1 unspecified atom stereocenters. The second-order valence-corrected chi connectivity index (χ2v) is 18.9. The summed E-state index contributed by atoms with van der Waals surface area (Å²) in [4.78, 5) is 12.5. The van der Waals surface area contributed by atoms with E-state index in [1.54, 1.807) is 0 Å². The van der Waals surface area contributed by atoms with Gasteiger partial charge in [-0.3, -0.25) is 0 Å². The van der Waals surface area contributed by atoms with E-state index < -0.39 is 23.3 Å². The fourth-order valence-electron chi connectivity index (χ4n) is 3.52. The van der Waals surface area contributed by atoms with Gasteiger partial charge in [0.1, 0.15) is 0 Å². The summed E-state index contributed by atoms with van der Waals surface area (Å²) in [5.41, 5.74) is 0.339. The van der Waals surface area contributed by atoms with Crippen LogP contribution < -0.4 is 0 Å². The second-order valence-electron chi connectivity index (χ2n) is 7.33. The molecule has 0 heterocycles. The number of ether oxygens (including phenoxy) is 1. The van der Waals surface area contributed by atoms with E-state index in [1.165, 1.54) is 0 Å². The summed E-state index contributed by atoms with van der Waals surface area (Å²) >= 11 is -2.70. The van der Waals surface area contributed by atoms with Crippen LogP contribution in [0.3, 0.4) is 0 Å². The van der Waals surface area contributed by atoms with Crippen molar-refractivity contribution in [1.82, 2.24) is 0 Å². The maximum atomic E-state index is 12.5. The molecule has 0 amide bonds. The van der Waals surface area contributed by atoms with Crippen molar-refractivity contribution in [2.75, 3.05) is 0 Å². The Morgan fingerprint density at radius 3 is 1.91 bits per heavy atom. The number of benzene rings is 1. The van der Waals surface area contributed by atoms with E-state index in [0.29, 0.717) is 0 Å². The normalized spacial score (nSPS) is 15.1. The van der Waals surface area contributed by atoms with Crippen LogP contribution in [0.2, 0.25) is 15.8 Å². The summed E-state index contributed by atoms with van der Waals surface area (Å²) in [5.74, 6) is -0.311. The Labute approximate surface area is 143 Å². The number of hydrogen-bond donors (Lipinski definition) is 1. The summed E-state index contributed by atoms with van der Waals surface area (Å²) in [6.45, 7) is 12.1. The second kappa shape index (κ2) is 7.84. The first-order valence-corrected chi connectivity index (χ1v) is 14.1. The topological polar surface area (TPSA) is 46.5 Å². The number of rotatable bonds is 7. The molecule has 1 N–H and O–H groups in total. The van der Waals surface area contributed by atoms with E-state index in [1.807, 2.05) is 51.1 Å². The first-order chi connectivity index (χ1) is 10.6. The van der Waals surface area contributed by atoms with Gasteiger partial charge >= 0.3 is 144 Å². The van der Waals surface area contributed by atoms with Crippen LogP contribution in [0.25, 0.3) is 0 Å². The van der Waals surface area contributed by atoms with Gasteiger partial charge in [0.25, 0.3) is 0 Å². The Kier molecular flexibility index (Phi) is 6.90. The van der Waals surface area contributed by atoms with Crippen molar-refractivity contribution in [1.29, 1.82) is 0 Å². The van der Waals surface area contributed by atoms with Gasteiger partial charge in [-0.25, -0.2) is 0 Å². The molecule has 0 aliphatic heterocycles. The zero-order chi connectivity index (χ0) is 17.7. The van der Waals surface area contributed by atoms with Gasteiger partial charge in [0.05, 0.1) is 0 Å². The molecule has 0 aromatic heterocycles. The van der Waals surface area contributed by atoms with E-state index in [0.717, 1.165) is 21.3 Å². The van der Waals surface area contributed by atoms with E-state index in [2.05, 4.69) is 20.8 Å². The summed E-state index contributed by atoms with van der Waals surface area (Å²) < 4.78 is 4.47. The third-order valence-electron chi connectivity index (χ3n) is 4.98. The Morgan fingerprint density at radius 1 is 1.04 bits per heavy atom. The van der Waals surface area contributed by atoms with Gasteiger partial charge in [-0.05, 0) is 0 Å². The van der Waals surface area contributed by atoms with Crippen LogP contribution in [0.5, 0.6) is 0 Å². The molecule has 0 fully saturated rings. The van der Waals surface area contributed by atoms with E-state index in [-0.39, 0.29) is 12.4 Å². The van der Waals surface area contributed by atoms with Crippen LogP contribution in [0.4, 0.5) is 0 Å². The van der Waals surface area contributed by atoms with Gasteiger partial charge in [0.2, 0.25) is 0 Å². The number of esters is 1. The average Bonchev–Trinajstić information content (AvgIpc) is 2.48. The van der Waals surface area contributed by atoms with Gasteiger partial charge in [-0.2, -0.15) is 0 Å². The van der Waals surface area contributed by atoms with E-state index >= 15 is 0 Å². The van der Waals surface area contributed by atoms with Crippen molar-refractivity contribution in [3.8, 4) is 0 Å². The maximum absolute atomic E-state index is 12.5. The molecule has 0 spiro atoms. The number of aliphatic hydroxyl groups is 1. The van der Waals surface area contributed by atoms with Crippen LogP contribution >= 0.6 is 0 Å². The number of hydrogen-bond acceptors (Lipinski definition) is 3. The summed E-state index contributed by atoms with van der Waals surface area (Å²) in [6.07, 6.45) is 0.0593. The Balaban J connectivity index is 3.30. The molecule has 0 aliphatic rings. The molecule has 1 aromatic rings. The van der Waals surface area contributed by atoms with Crippen LogP contribution in [0, 0.1) is 0 Å². The zero-order valence-electron chi connectivity index (χ0n) is 15.5. The third-order valence-corrected chi connectivity index (χ3v) is 18.2.